The van der Waals surface area contributed by atoms with Crippen LogP contribution in [0.15, 0.2) is 88.2 Å². The van der Waals surface area contributed by atoms with Gasteiger partial charge in [0.1, 0.15) is 12.6 Å². The van der Waals surface area contributed by atoms with Crippen LogP contribution >= 0.6 is 27.5 Å². The van der Waals surface area contributed by atoms with Crippen LogP contribution in [0.4, 0.5) is 5.69 Å². The van der Waals surface area contributed by atoms with Gasteiger partial charge in [-0.1, -0.05) is 64.8 Å². The van der Waals surface area contributed by atoms with Crippen LogP contribution in [-0.2, 0) is 26.2 Å². The molecule has 0 saturated carbocycles. The number of amides is 2. The van der Waals surface area contributed by atoms with Gasteiger partial charge in [0, 0.05) is 22.1 Å². The smallest absolute Gasteiger partial charge is 0.264 e. The molecule has 0 heterocycles. The second-order valence-corrected chi connectivity index (χ2v) is 12.2. The van der Waals surface area contributed by atoms with Gasteiger partial charge in [0.2, 0.25) is 11.8 Å². The van der Waals surface area contributed by atoms with Gasteiger partial charge in [-0.25, -0.2) is 8.42 Å². The molecule has 3 rings (SSSR count). The van der Waals surface area contributed by atoms with Crippen molar-refractivity contribution in [2.45, 2.75) is 50.7 Å². The van der Waals surface area contributed by atoms with E-state index in [0.29, 0.717) is 10.7 Å². The van der Waals surface area contributed by atoms with E-state index in [1.54, 1.807) is 73.7 Å². The van der Waals surface area contributed by atoms with E-state index in [1.165, 1.54) is 17.0 Å². The standard InChI is InChI=1S/C28H31BrClN3O4S/c1-4-20(2)31-28(35)21(3)32(18-22-9-8-10-24(30)17-22)27(34)19-33(25-15-13-23(29)14-16-25)38(36,37)26-11-6-5-7-12-26/h5-17,20-21H,4,18-19H2,1-3H3,(H,31,35)/t20-,21+/m0/s1. The van der Waals surface area contributed by atoms with Crippen LogP contribution < -0.4 is 9.62 Å². The number of rotatable bonds is 11. The lowest BCUT2D eigenvalue weighted by Gasteiger charge is -2.32. The third-order valence-corrected chi connectivity index (χ3v) is 8.69. The second kappa shape index (κ2) is 13.3. The molecule has 0 saturated heterocycles. The van der Waals surface area contributed by atoms with E-state index in [1.807, 2.05) is 13.8 Å². The maximum Gasteiger partial charge on any atom is 0.264 e. The fourth-order valence-corrected chi connectivity index (χ4v) is 5.65. The zero-order valence-electron chi connectivity index (χ0n) is 21.5. The lowest BCUT2D eigenvalue weighted by Crippen LogP contribution is -2.52. The number of anilines is 1. The largest absolute Gasteiger partial charge is 0.352 e. The van der Waals surface area contributed by atoms with Gasteiger partial charge in [0.15, 0.2) is 0 Å². The van der Waals surface area contributed by atoms with Crippen molar-refractivity contribution >= 4 is 55.1 Å². The number of nitrogens with one attached hydrogen (secondary N) is 1. The summed E-state index contributed by atoms with van der Waals surface area (Å²) < 4.78 is 29.3. The Morgan fingerprint density at radius 3 is 2.24 bits per heavy atom. The minimum atomic E-state index is -4.10. The van der Waals surface area contributed by atoms with Crippen molar-refractivity contribution < 1.29 is 18.0 Å². The Kier molecular flexibility index (Phi) is 10.4. The van der Waals surface area contributed by atoms with Crippen LogP contribution in [0, 0.1) is 0 Å². The van der Waals surface area contributed by atoms with Crippen LogP contribution in [0.5, 0.6) is 0 Å². The molecule has 0 bridgehead atoms. The zero-order chi connectivity index (χ0) is 27.9. The predicted molar refractivity (Wildman–Crippen MR) is 154 cm³/mol. The molecule has 0 aliphatic rings. The fourth-order valence-electron chi connectivity index (χ4n) is 3.74. The number of nitrogens with zero attached hydrogens (tertiary/aromatic N) is 2. The van der Waals surface area contributed by atoms with Crippen molar-refractivity contribution in [2.24, 2.45) is 0 Å². The summed E-state index contributed by atoms with van der Waals surface area (Å²) in [6.07, 6.45) is 0.730. The first kappa shape index (κ1) is 29.7. The molecule has 0 fully saturated rings. The Labute approximate surface area is 238 Å². The molecular weight excluding hydrogens is 590 g/mol. The van der Waals surface area contributed by atoms with Gasteiger partial charge in [-0.2, -0.15) is 0 Å². The van der Waals surface area contributed by atoms with Gasteiger partial charge < -0.3 is 10.2 Å². The number of benzene rings is 3. The van der Waals surface area contributed by atoms with E-state index < -0.39 is 28.5 Å². The quantitative estimate of drug-likeness (QED) is 0.301. The third kappa shape index (κ3) is 7.58. The number of hydrogen-bond acceptors (Lipinski definition) is 4. The van der Waals surface area contributed by atoms with Gasteiger partial charge in [-0.3, -0.25) is 13.9 Å². The van der Waals surface area contributed by atoms with E-state index in [2.05, 4.69) is 21.2 Å². The number of hydrogen-bond donors (Lipinski definition) is 1. The van der Waals surface area contributed by atoms with Gasteiger partial charge >= 0.3 is 0 Å². The second-order valence-electron chi connectivity index (χ2n) is 8.95. The van der Waals surface area contributed by atoms with Crippen molar-refractivity contribution in [1.29, 1.82) is 0 Å². The lowest BCUT2D eigenvalue weighted by atomic mass is 10.1. The number of carbonyl (C=O) groups is 2. The highest BCUT2D eigenvalue weighted by Gasteiger charge is 2.32. The summed E-state index contributed by atoms with van der Waals surface area (Å²) in [5.74, 6) is -0.852. The average molecular weight is 621 g/mol. The molecular formula is C28H31BrClN3O4S. The Hall–Kier alpha value is -2.88. The molecule has 38 heavy (non-hydrogen) atoms. The summed E-state index contributed by atoms with van der Waals surface area (Å²) in [6.45, 7) is 5.05. The average Bonchev–Trinajstić information content (AvgIpc) is 2.90. The summed E-state index contributed by atoms with van der Waals surface area (Å²) in [5.41, 5.74) is 1.04. The third-order valence-electron chi connectivity index (χ3n) is 6.13. The molecule has 2 atom stereocenters. The summed E-state index contributed by atoms with van der Waals surface area (Å²) in [4.78, 5) is 28.4. The van der Waals surface area contributed by atoms with E-state index in [9.17, 15) is 18.0 Å². The van der Waals surface area contributed by atoms with E-state index in [4.69, 9.17) is 11.6 Å². The Balaban J connectivity index is 2.01. The van der Waals surface area contributed by atoms with Crippen molar-refractivity contribution in [3.63, 3.8) is 0 Å². The molecule has 7 nitrogen and oxygen atoms in total. The first-order valence-corrected chi connectivity index (χ1v) is 14.8. The van der Waals surface area contributed by atoms with Crippen molar-refractivity contribution in [3.05, 3.63) is 93.9 Å². The van der Waals surface area contributed by atoms with Crippen LogP contribution in [-0.4, -0.2) is 43.8 Å². The van der Waals surface area contributed by atoms with Crippen LogP contribution in [0.3, 0.4) is 0 Å². The highest BCUT2D eigenvalue weighted by atomic mass is 79.9. The monoisotopic (exact) mass is 619 g/mol. The summed E-state index contributed by atoms with van der Waals surface area (Å²) in [5, 5.41) is 3.41. The molecule has 3 aromatic rings. The minimum Gasteiger partial charge on any atom is -0.352 e. The Bertz CT molecular complexity index is 1350. The SMILES string of the molecule is CC[C@H](C)NC(=O)[C@@H](C)N(Cc1cccc(Cl)c1)C(=O)CN(c1ccc(Br)cc1)S(=O)(=O)c1ccccc1. The molecule has 3 aromatic carbocycles. The van der Waals surface area contributed by atoms with E-state index in [0.717, 1.165) is 20.8 Å². The topological polar surface area (TPSA) is 86.8 Å². The van der Waals surface area contributed by atoms with E-state index in [-0.39, 0.29) is 23.4 Å². The molecule has 0 aromatic heterocycles. The van der Waals surface area contributed by atoms with Crippen molar-refractivity contribution in [1.82, 2.24) is 10.2 Å². The fraction of sp³-hybridized carbons (Fsp3) is 0.286. The highest BCUT2D eigenvalue weighted by Crippen LogP contribution is 2.26. The number of halogens is 2. The van der Waals surface area contributed by atoms with Crippen molar-refractivity contribution in [3.8, 4) is 0 Å². The first-order valence-electron chi connectivity index (χ1n) is 12.2. The van der Waals surface area contributed by atoms with Crippen molar-refractivity contribution in [2.75, 3.05) is 10.8 Å². The molecule has 202 valence electrons. The van der Waals surface area contributed by atoms with Gasteiger partial charge in [0.05, 0.1) is 10.6 Å². The van der Waals surface area contributed by atoms with Gasteiger partial charge in [0.25, 0.3) is 10.0 Å². The Morgan fingerprint density at radius 1 is 0.974 bits per heavy atom. The van der Waals surface area contributed by atoms with Crippen LogP contribution in [0.2, 0.25) is 5.02 Å². The van der Waals surface area contributed by atoms with E-state index >= 15 is 0 Å². The van der Waals surface area contributed by atoms with Crippen LogP contribution in [0.25, 0.3) is 0 Å². The zero-order valence-corrected chi connectivity index (χ0v) is 24.6. The number of carbonyl (C=O) groups excluding carboxylic acids is 2. The van der Waals surface area contributed by atoms with Gasteiger partial charge in [-0.05, 0) is 74.4 Å². The number of sulfonamides is 1. The first-order chi connectivity index (χ1) is 18.0. The molecule has 1 N–H and O–H groups in total. The summed E-state index contributed by atoms with van der Waals surface area (Å²) in [7, 11) is -4.10. The summed E-state index contributed by atoms with van der Waals surface area (Å²) >= 11 is 9.54. The maximum absolute atomic E-state index is 13.9. The lowest BCUT2D eigenvalue weighted by molar-refractivity contribution is -0.139. The van der Waals surface area contributed by atoms with Gasteiger partial charge in [-0.15, -0.1) is 0 Å². The summed E-state index contributed by atoms with van der Waals surface area (Å²) in [6, 6.07) is 20.7. The molecule has 2 amide bonds. The Morgan fingerprint density at radius 2 is 1.63 bits per heavy atom. The molecule has 0 spiro atoms. The molecule has 10 heteroatoms. The molecule has 0 aliphatic heterocycles. The van der Waals surface area contributed by atoms with Crippen LogP contribution in [0.1, 0.15) is 32.8 Å². The normalized spacial score (nSPS) is 12.9. The molecule has 0 aliphatic carbocycles. The molecule has 0 radical (unpaired) electrons. The highest BCUT2D eigenvalue weighted by molar-refractivity contribution is 9.10. The minimum absolute atomic E-state index is 0.0553. The predicted octanol–water partition coefficient (Wildman–Crippen LogP) is 5.63. The molecule has 0 unspecified atom stereocenters. The maximum atomic E-state index is 13.9.